The Hall–Kier alpha value is -1.13. The molecule has 1 fully saturated rings. The van der Waals surface area contributed by atoms with Gasteiger partial charge in [-0.25, -0.2) is 0 Å². The van der Waals surface area contributed by atoms with Crippen LogP contribution in [-0.4, -0.2) is 36.1 Å². The van der Waals surface area contributed by atoms with Crippen LogP contribution in [0.4, 0.5) is 0 Å². The van der Waals surface area contributed by atoms with Crippen molar-refractivity contribution < 1.29 is 4.74 Å². The molecule has 116 valence electrons. The molecule has 0 aromatic heterocycles. The predicted molar refractivity (Wildman–Crippen MR) is 92.0 cm³/mol. The highest BCUT2D eigenvalue weighted by molar-refractivity contribution is 7.80. The zero-order chi connectivity index (χ0) is 14.9. The summed E-state index contributed by atoms with van der Waals surface area (Å²) in [6, 6.07) is 7.70. The van der Waals surface area contributed by atoms with E-state index in [4.69, 9.17) is 22.7 Å². The van der Waals surface area contributed by atoms with E-state index in [0.717, 1.165) is 30.9 Å². The maximum atomic E-state index is 5.78. The first-order valence-corrected chi connectivity index (χ1v) is 8.41. The van der Waals surface area contributed by atoms with Crippen LogP contribution in [0.3, 0.4) is 0 Å². The smallest absolute Gasteiger partial charge is 0.119 e. The topological polar surface area (TPSA) is 38.5 Å². The minimum atomic E-state index is 0.429. The molecule has 1 aromatic carbocycles. The zero-order valence-electron chi connectivity index (χ0n) is 12.7. The van der Waals surface area contributed by atoms with E-state index in [2.05, 4.69) is 4.90 Å². The number of ether oxygens (including phenoxy) is 1. The van der Waals surface area contributed by atoms with E-state index >= 15 is 0 Å². The molecule has 1 saturated heterocycles. The lowest BCUT2D eigenvalue weighted by Crippen LogP contribution is -2.29. The van der Waals surface area contributed by atoms with Gasteiger partial charge in [0, 0.05) is 12.1 Å². The molecule has 21 heavy (non-hydrogen) atoms. The molecule has 0 bridgehead atoms. The lowest BCUT2D eigenvalue weighted by molar-refractivity contribution is 0.218. The summed E-state index contributed by atoms with van der Waals surface area (Å²) in [5.74, 6) is 0.891. The molecule has 0 unspecified atom stereocenters. The Labute approximate surface area is 133 Å². The number of hydrogen-bond donors (Lipinski definition) is 1. The Kier molecular flexibility index (Phi) is 6.96. The van der Waals surface area contributed by atoms with Crippen LogP contribution in [-0.2, 0) is 0 Å². The molecular formula is C17H26N2OS. The molecule has 2 N–H and O–H groups in total. The number of rotatable bonds is 6. The van der Waals surface area contributed by atoms with Gasteiger partial charge in [0.2, 0.25) is 0 Å². The first-order valence-electron chi connectivity index (χ1n) is 8.01. The number of thiocarbonyl (C=S) groups is 1. The minimum absolute atomic E-state index is 0.429. The van der Waals surface area contributed by atoms with Crippen LogP contribution < -0.4 is 10.5 Å². The van der Waals surface area contributed by atoms with Gasteiger partial charge in [0.15, 0.2) is 0 Å². The molecule has 1 aliphatic rings. The summed E-state index contributed by atoms with van der Waals surface area (Å²) in [5, 5.41) is 0. The first-order chi connectivity index (χ1) is 10.3. The van der Waals surface area contributed by atoms with E-state index in [9.17, 15) is 0 Å². The third-order valence-corrected chi connectivity index (χ3v) is 4.21. The number of nitrogens with two attached hydrogens (primary N) is 1. The molecular weight excluding hydrogens is 280 g/mol. The minimum Gasteiger partial charge on any atom is -0.494 e. The second kappa shape index (κ2) is 9.00. The van der Waals surface area contributed by atoms with Gasteiger partial charge in [-0.15, -0.1) is 0 Å². The maximum absolute atomic E-state index is 5.78. The molecule has 1 heterocycles. The van der Waals surface area contributed by atoms with Gasteiger partial charge in [0.25, 0.3) is 0 Å². The van der Waals surface area contributed by atoms with Crippen molar-refractivity contribution in [3.8, 4) is 5.75 Å². The van der Waals surface area contributed by atoms with E-state index in [1.165, 1.54) is 45.2 Å². The van der Waals surface area contributed by atoms with Crippen LogP contribution in [0.15, 0.2) is 24.3 Å². The molecule has 3 nitrogen and oxygen atoms in total. The highest BCUT2D eigenvalue weighted by Crippen LogP contribution is 2.13. The predicted octanol–water partition coefficient (Wildman–Crippen LogP) is 3.36. The first kappa shape index (κ1) is 16.2. The van der Waals surface area contributed by atoms with Gasteiger partial charge in [0.1, 0.15) is 10.7 Å². The van der Waals surface area contributed by atoms with E-state index in [1.54, 1.807) is 0 Å². The van der Waals surface area contributed by atoms with Gasteiger partial charge in [-0.1, -0.05) is 31.5 Å². The fraction of sp³-hybridized carbons (Fsp3) is 0.588. The van der Waals surface area contributed by atoms with Crippen LogP contribution in [0, 0.1) is 0 Å². The van der Waals surface area contributed by atoms with Crippen molar-refractivity contribution in [1.82, 2.24) is 4.90 Å². The molecule has 2 rings (SSSR count). The van der Waals surface area contributed by atoms with Crippen LogP contribution in [0.25, 0.3) is 0 Å². The summed E-state index contributed by atoms with van der Waals surface area (Å²) in [6.45, 7) is 4.42. The summed E-state index contributed by atoms with van der Waals surface area (Å²) in [6.07, 6.45) is 7.98. The van der Waals surface area contributed by atoms with Gasteiger partial charge < -0.3 is 15.4 Å². The second-order valence-corrected chi connectivity index (χ2v) is 6.14. The third-order valence-electron chi connectivity index (χ3n) is 3.97. The molecule has 0 radical (unpaired) electrons. The third kappa shape index (κ3) is 6.02. The Morgan fingerprint density at radius 2 is 1.67 bits per heavy atom. The Bertz CT molecular complexity index is 425. The van der Waals surface area contributed by atoms with Crippen molar-refractivity contribution in [2.75, 3.05) is 26.2 Å². The number of hydrogen-bond acceptors (Lipinski definition) is 3. The average molecular weight is 306 g/mol. The average Bonchev–Trinajstić information content (AvgIpc) is 2.45. The van der Waals surface area contributed by atoms with Crippen molar-refractivity contribution in [3.05, 3.63) is 29.8 Å². The van der Waals surface area contributed by atoms with Crippen LogP contribution >= 0.6 is 12.2 Å². The van der Waals surface area contributed by atoms with E-state index in [-0.39, 0.29) is 0 Å². The monoisotopic (exact) mass is 306 g/mol. The molecule has 4 heteroatoms. The number of nitrogens with zero attached hydrogens (tertiary/aromatic N) is 1. The number of benzene rings is 1. The second-order valence-electron chi connectivity index (χ2n) is 5.70. The lowest BCUT2D eigenvalue weighted by atomic mass is 10.1. The van der Waals surface area contributed by atoms with Gasteiger partial charge in [0.05, 0.1) is 6.61 Å². The fourth-order valence-corrected chi connectivity index (χ4v) is 2.87. The van der Waals surface area contributed by atoms with Crippen molar-refractivity contribution in [1.29, 1.82) is 0 Å². The van der Waals surface area contributed by atoms with Crippen LogP contribution in [0.5, 0.6) is 5.75 Å². The summed E-state index contributed by atoms with van der Waals surface area (Å²) < 4.78 is 5.78. The summed E-state index contributed by atoms with van der Waals surface area (Å²) in [5.41, 5.74) is 6.46. The fourth-order valence-electron chi connectivity index (χ4n) is 2.73. The van der Waals surface area contributed by atoms with Crippen molar-refractivity contribution in [3.63, 3.8) is 0 Å². The SMILES string of the molecule is NC(=S)c1ccc(OCCCN2CCCCCCC2)cc1. The van der Waals surface area contributed by atoms with Crippen molar-refractivity contribution in [2.24, 2.45) is 5.73 Å². The van der Waals surface area contributed by atoms with Gasteiger partial charge >= 0.3 is 0 Å². The van der Waals surface area contributed by atoms with E-state index < -0.39 is 0 Å². The molecule has 0 amide bonds. The van der Waals surface area contributed by atoms with Crippen LogP contribution in [0.2, 0.25) is 0 Å². The largest absolute Gasteiger partial charge is 0.494 e. The Morgan fingerprint density at radius 3 is 2.29 bits per heavy atom. The van der Waals surface area contributed by atoms with Crippen LogP contribution in [0.1, 0.15) is 44.1 Å². The molecule has 1 aromatic rings. The lowest BCUT2D eigenvalue weighted by Gasteiger charge is -2.24. The molecule has 0 saturated carbocycles. The summed E-state index contributed by atoms with van der Waals surface area (Å²) >= 11 is 4.94. The highest BCUT2D eigenvalue weighted by Gasteiger charge is 2.07. The van der Waals surface area contributed by atoms with Gasteiger partial charge in [-0.3, -0.25) is 0 Å². The zero-order valence-corrected chi connectivity index (χ0v) is 13.5. The van der Waals surface area contributed by atoms with Gasteiger partial charge in [-0.05, 0) is 56.6 Å². The molecule has 0 aliphatic carbocycles. The maximum Gasteiger partial charge on any atom is 0.119 e. The van der Waals surface area contributed by atoms with E-state index in [0.29, 0.717) is 4.99 Å². The highest BCUT2D eigenvalue weighted by atomic mass is 32.1. The Morgan fingerprint density at radius 1 is 1.05 bits per heavy atom. The molecule has 0 spiro atoms. The molecule has 1 aliphatic heterocycles. The van der Waals surface area contributed by atoms with Crippen molar-refractivity contribution in [2.45, 2.75) is 38.5 Å². The summed E-state index contributed by atoms with van der Waals surface area (Å²) in [4.78, 5) is 3.01. The number of likely N-dealkylation sites (tertiary alicyclic amines) is 1. The standard InChI is InChI=1S/C17H26N2OS/c18-17(21)15-7-9-16(10-8-15)20-14-6-13-19-11-4-2-1-3-5-12-19/h7-10H,1-6,11-14H2,(H2,18,21). The normalized spacial score (nSPS) is 17.0. The summed E-state index contributed by atoms with van der Waals surface area (Å²) in [7, 11) is 0. The quantitative estimate of drug-likeness (QED) is 0.646. The van der Waals surface area contributed by atoms with Gasteiger partial charge in [-0.2, -0.15) is 0 Å². The van der Waals surface area contributed by atoms with E-state index in [1.807, 2.05) is 24.3 Å². The molecule has 0 atom stereocenters. The van der Waals surface area contributed by atoms with Crippen molar-refractivity contribution >= 4 is 17.2 Å². The Balaban J connectivity index is 1.65.